The summed E-state index contributed by atoms with van der Waals surface area (Å²) in [7, 11) is 4.09. The zero-order valence-corrected chi connectivity index (χ0v) is 17.1. The normalized spacial score (nSPS) is 12.5. The number of halogens is 1. The summed E-state index contributed by atoms with van der Waals surface area (Å²) < 4.78 is 11.3. The Bertz CT molecular complexity index is 418. The minimum atomic E-state index is 0. The first-order valence-corrected chi connectivity index (χ1v) is 8.85. The second kappa shape index (κ2) is 12.6. The molecule has 0 saturated heterocycles. The van der Waals surface area contributed by atoms with E-state index in [2.05, 4.69) is 56.9 Å². The molecule has 140 valence electrons. The van der Waals surface area contributed by atoms with Crippen LogP contribution in [-0.2, 0) is 4.74 Å². The zero-order chi connectivity index (χ0) is 17.2. The molecule has 0 bridgehead atoms. The SMILES string of the molecule is CC(C)CC(c1ccc(OCCOCCN(C)C)cc1)C(C)C.Cl. The molecule has 1 atom stereocenters. The van der Waals surface area contributed by atoms with E-state index in [1.807, 2.05) is 14.1 Å². The standard InChI is InChI=1S/C20H35NO2.ClH/c1-16(2)15-20(17(3)4)18-7-9-19(10-8-18)23-14-13-22-12-11-21(5)6;/h7-10,16-17,20H,11-15H2,1-6H3;1H. The van der Waals surface area contributed by atoms with Crippen LogP contribution in [0.2, 0.25) is 0 Å². The molecule has 1 aromatic carbocycles. The van der Waals surface area contributed by atoms with Gasteiger partial charge in [-0.1, -0.05) is 39.8 Å². The lowest BCUT2D eigenvalue weighted by Gasteiger charge is -2.23. The average molecular weight is 358 g/mol. The maximum atomic E-state index is 5.75. The van der Waals surface area contributed by atoms with Crippen molar-refractivity contribution in [3.8, 4) is 5.75 Å². The molecule has 24 heavy (non-hydrogen) atoms. The van der Waals surface area contributed by atoms with Crippen LogP contribution >= 0.6 is 12.4 Å². The van der Waals surface area contributed by atoms with Crippen molar-refractivity contribution in [2.24, 2.45) is 11.8 Å². The van der Waals surface area contributed by atoms with Gasteiger partial charge in [0.1, 0.15) is 12.4 Å². The second-order valence-electron chi connectivity index (χ2n) is 7.31. The third kappa shape index (κ3) is 9.51. The van der Waals surface area contributed by atoms with E-state index < -0.39 is 0 Å². The first kappa shape index (κ1) is 23.2. The largest absolute Gasteiger partial charge is 0.491 e. The Balaban J connectivity index is 0.00000529. The van der Waals surface area contributed by atoms with Crippen LogP contribution in [0.15, 0.2) is 24.3 Å². The van der Waals surface area contributed by atoms with E-state index in [1.54, 1.807) is 0 Å². The minimum Gasteiger partial charge on any atom is -0.491 e. The molecule has 0 saturated carbocycles. The van der Waals surface area contributed by atoms with Crippen molar-refractivity contribution in [1.82, 2.24) is 4.90 Å². The van der Waals surface area contributed by atoms with Gasteiger partial charge in [-0.25, -0.2) is 0 Å². The molecule has 1 unspecified atom stereocenters. The summed E-state index contributed by atoms with van der Waals surface area (Å²) in [6.45, 7) is 12.1. The molecule has 0 spiro atoms. The molecule has 1 aromatic rings. The summed E-state index contributed by atoms with van der Waals surface area (Å²) >= 11 is 0. The molecule has 0 aliphatic heterocycles. The van der Waals surface area contributed by atoms with Gasteiger partial charge in [-0.3, -0.25) is 0 Å². The molecule has 0 aliphatic carbocycles. The highest BCUT2D eigenvalue weighted by Gasteiger charge is 2.17. The van der Waals surface area contributed by atoms with Crippen LogP contribution in [0.4, 0.5) is 0 Å². The van der Waals surface area contributed by atoms with Gasteiger partial charge in [0.15, 0.2) is 0 Å². The van der Waals surface area contributed by atoms with Gasteiger partial charge in [0.05, 0.1) is 13.2 Å². The number of ether oxygens (including phenoxy) is 2. The van der Waals surface area contributed by atoms with Gasteiger partial charge in [0, 0.05) is 6.54 Å². The number of hydrogen-bond acceptors (Lipinski definition) is 3. The molecule has 3 nitrogen and oxygen atoms in total. The summed E-state index contributed by atoms with van der Waals surface area (Å²) in [6, 6.07) is 8.61. The van der Waals surface area contributed by atoms with Crippen LogP contribution in [0.1, 0.15) is 45.6 Å². The summed E-state index contributed by atoms with van der Waals surface area (Å²) in [4.78, 5) is 2.11. The Morgan fingerprint density at radius 2 is 1.54 bits per heavy atom. The first-order chi connectivity index (χ1) is 10.9. The van der Waals surface area contributed by atoms with E-state index in [1.165, 1.54) is 12.0 Å². The highest BCUT2D eigenvalue weighted by Crippen LogP contribution is 2.31. The summed E-state index contributed by atoms with van der Waals surface area (Å²) in [6.07, 6.45) is 1.23. The number of hydrogen-bond donors (Lipinski definition) is 0. The van der Waals surface area contributed by atoms with E-state index in [0.29, 0.717) is 25.0 Å². The Hall–Kier alpha value is -0.770. The fourth-order valence-corrected chi connectivity index (χ4v) is 2.68. The monoisotopic (exact) mass is 357 g/mol. The Labute approximate surface area is 155 Å². The maximum Gasteiger partial charge on any atom is 0.119 e. The van der Waals surface area contributed by atoms with Gasteiger partial charge < -0.3 is 14.4 Å². The minimum absolute atomic E-state index is 0. The molecule has 0 radical (unpaired) electrons. The van der Waals surface area contributed by atoms with Crippen LogP contribution in [0, 0.1) is 11.8 Å². The van der Waals surface area contributed by atoms with Gasteiger partial charge in [-0.05, 0) is 56.0 Å². The number of benzene rings is 1. The van der Waals surface area contributed by atoms with Gasteiger partial charge in [-0.2, -0.15) is 0 Å². The zero-order valence-electron chi connectivity index (χ0n) is 16.2. The van der Waals surface area contributed by atoms with Crippen molar-refractivity contribution in [3.05, 3.63) is 29.8 Å². The van der Waals surface area contributed by atoms with E-state index in [0.717, 1.165) is 24.8 Å². The van der Waals surface area contributed by atoms with Crippen molar-refractivity contribution < 1.29 is 9.47 Å². The van der Waals surface area contributed by atoms with E-state index >= 15 is 0 Å². The second-order valence-corrected chi connectivity index (χ2v) is 7.31. The fraction of sp³-hybridized carbons (Fsp3) is 0.700. The van der Waals surface area contributed by atoms with Gasteiger partial charge >= 0.3 is 0 Å². The highest BCUT2D eigenvalue weighted by atomic mass is 35.5. The Morgan fingerprint density at radius 1 is 0.917 bits per heavy atom. The van der Waals surface area contributed by atoms with Gasteiger partial charge in [0.2, 0.25) is 0 Å². The van der Waals surface area contributed by atoms with E-state index in [-0.39, 0.29) is 12.4 Å². The number of nitrogens with zero attached hydrogens (tertiary/aromatic N) is 1. The maximum absolute atomic E-state index is 5.75. The van der Waals surface area contributed by atoms with Crippen LogP contribution in [0.5, 0.6) is 5.75 Å². The molecule has 0 fully saturated rings. The van der Waals surface area contributed by atoms with Crippen molar-refractivity contribution in [1.29, 1.82) is 0 Å². The van der Waals surface area contributed by atoms with Crippen molar-refractivity contribution in [2.75, 3.05) is 40.5 Å². The molecule has 0 aromatic heterocycles. The van der Waals surface area contributed by atoms with Crippen molar-refractivity contribution >= 4 is 12.4 Å². The fourth-order valence-electron chi connectivity index (χ4n) is 2.68. The lowest BCUT2D eigenvalue weighted by atomic mass is 9.82. The molecule has 0 amide bonds. The van der Waals surface area contributed by atoms with Gasteiger partial charge in [-0.15, -0.1) is 12.4 Å². The predicted octanol–water partition coefficient (Wildman–Crippen LogP) is 4.85. The summed E-state index contributed by atoms with van der Waals surface area (Å²) in [5.41, 5.74) is 1.42. The quantitative estimate of drug-likeness (QED) is 0.528. The van der Waals surface area contributed by atoms with Gasteiger partial charge in [0.25, 0.3) is 0 Å². The smallest absolute Gasteiger partial charge is 0.119 e. The Morgan fingerprint density at radius 3 is 2.04 bits per heavy atom. The number of rotatable bonds is 11. The molecule has 1 rings (SSSR count). The van der Waals surface area contributed by atoms with Crippen LogP contribution in [0.3, 0.4) is 0 Å². The van der Waals surface area contributed by atoms with Crippen LogP contribution in [0.25, 0.3) is 0 Å². The average Bonchev–Trinajstić information content (AvgIpc) is 2.48. The third-order valence-electron chi connectivity index (χ3n) is 4.02. The van der Waals surface area contributed by atoms with E-state index in [9.17, 15) is 0 Å². The van der Waals surface area contributed by atoms with Crippen LogP contribution < -0.4 is 4.74 Å². The molecule has 0 heterocycles. The topological polar surface area (TPSA) is 21.7 Å². The van der Waals surface area contributed by atoms with Crippen molar-refractivity contribution in [3.63, 3.8) is 0 Å². The van der Waals surface area contributed by atoms with Crippen LogP contribution in [-0.4, -0.2) is 45.4 Å². The highest BCUT2D eigenvalue weighted by molar-refractivity contribution is 5.85. The molecule has 0 N–H and O–H groups in total. The van der Waals surface area contributed by atoms with Crippen molar-refractivity contribution in [2.45, 2.75) is 40.0 Å². The lowest BCUT2D eigenvalue weighted by Crippen LogP contribution is -2.19. The third-order valence-corrected chi connectivity index (χ3v) is 4.02. The molecule has 4 heteroatoms. The predicted molar refractivity (Wildman–Crippen MR) is 106 cm³/mol. The summed E-state index contributed by atoms with van der Waals surface area (Å²) in [5, 5.41) is 0. The molecular weight excluding hydrogens is 322 g/mol. The van der Waals surface area contributed by atoms with E-state index in [4.69, 9.17) is 9.47 Å². The first-order valence-electron chi connectivity index (χ1n) is 8.85. The number of likely N-dealkylation sites (N-methyl/N-ethyl adjacent to an activating group) is 1. The Kier molecular flexibility index (Phi) is 12.2. The molecule has 0 aliphatic rings. The molecular formula is C20H36ClNO2. The lowest BCUT2D eigenvalue weighted by molar-refractivity contribution is 0.0890. The summed E-state index contributed by atoms with van der Waals surface area (Å²) in [5.74, 6) is 2.93.